The Morgan fingerprint density at radius 3 is 2.25 bits per heavy atom. The molecule has 1 atom stereocenters. The Morgan fingerprint density at radius 2 is 1.64 bits per heavy atom. The highest BCUT2D eigenvalue weighted by atomic mass is 35.5. The summed E-state index contributed by atoms with van der Waals surface area (Å²) in [5, 5.41) is 11.8. The van der Waals surface area contributed by atoms with Crippen LogP contribution in [0.2, 0.25) is 5.02 Å². The summed E-state index contributed by atoms with van der Waals surface area (Å²) in [6, 6.07) is 10.1. The number of aliphatic hydroxyl groups is 1. The molecule has 2 aromatic rings. The van der Waals surface area contributed by atoms with Crippen molar-refractivity contribution in [2.24, 2.45) is 0 Å². The quantitative estimate of drug-likeness (QED) is 0.761. The van der Waals surface area contributed by atoms with E-state index in [4.69, 9.17) is 21.1 Å². The monoisotopic (exact) mass is 403 g/mol. The van der Waals surface area contributed by atoms with Crippen molar-refractivity contribution in [1.29, 1.82) is 0 Å². The van der Waals surface area contributed by atoms with E-state index in [0.717, 1.165) is 24.4 Å². The van der Waals surface area contributed by atoms with Gasteiger partial charge in [0, 0.05) is 19.1 Å². The largest absolute Gasteiger partial charge is 0.496 e. The van der Waals surface area contributed by atoms with Crippen LogP contribution < -0.4 is 9.47 Å². The van der Waals surface area contributed by atoms with Gasteiger partial charge in [-0.05, 0) is 74.1 Å². The second-order valence-corrected chi connectivity index (χ2v) is 8.11. The lowest BCUT2D eigenvalue weighted by Crippen LogP contribution is -2.43. The minimum absolute atomic E-state index is 0.286. The zero-order valence-corrected chi connectivity index (χ0v) is 18.1. The molecule has 1 aliphatic rings. The minimum Gasteiger partial charge on any atom is -0.496 e. The van der Waals surface area contributed by atoms with Crippen molar-refractivity contribution in [3.05, 3.63) is 57.6 Å². The van der Waals surface area contributed by atoms with Crippen molar-refractivity contribution in [3.63, 3.8) is 0 Å². The molecule has 0 radical (unpaired) electrons. The van der Waals surface area contributed by atoms with Crippen LogP contribution in [0, 0.1) is 13.8 Å². The molecular weight excluding hydrogens is 374 g/mol. The first-order valence-electron chi connectivity index (χ1n) is 9.75. The maximum atomic E-state index is 11.2. The molecule has 5 heteroatoms. The smallest absolute Gasteiger partial charge is 0.137 e. The van der Waals surface area contributed by atoms with Crippen LogP contribution >= 0.6 is 11.6 Å². The number of piperidine rings is 1. The van der Waals surface area contributed by atoms with Crippen molar-refractivity contribution in [2.45, 2.75) is 45.3 Å². The summed E-state index contributed by atoms with van der Waals surface area (Å²) in [4.78, 5) is 2.44. The third-order valence-corrected chi connectivity index (χ3v) is 6.62. The highest BCUT2D eigenvalue weighted by Crippen LogP contribution is 2.39. The van der Waals surface area contributed by atoms with Gasteiger partial charge in [0.05, 0.1) is 24.8 Å². The van der Waals surface area contributed by atoms with E-state index >= 15 is 0 Å². The molecule has 0 aliphatic carbocycles. The maximum absolute atomic E-state index is 11.2. The Hall–Kier alpha value is -1.75. The number of likely N-dealkylation sites (tertiary alicyclic amines) is 1. The van der Waals surface area contributed by atoms with Crippen molar-refractivity contribution in [1.82, 2.24) is 4.90 Å². The lowest BCUT2D eigenvalue weighted by atomic mass is 9.83. The van der Waals surface area contributed by atoms with Crippen molar-refractivity contribution in [2.75, 3.05) is 27.3 Å². The number of nitrogens with zero attached hydrogens (tertiary/aromatic N) is 1. The molecule has 1 fully saturated rings. The Morgan fingerprint density at radius 1 is 1.00 bits per heavy atom. The van der Waals surface area contributed by atoms with Crippen LogP contribution in [0.1, 0.15) is 48.1 Å². The first kappa shape index (κ1) is 21.0. The zero-order chi connectivity index (χ0) is 20.5. The molecule has 3 rings (SSSR count). The normalized spacial score (nSPS) is 18.0. The van der Waals surface area contributed by atoms with Gasteiger partial charge in [0.1, 0.15) is 11.5 Å². The lowest BCUT2D eigenvalue weighted by Gasteiger charge is -2.41. The highest BCUT2D eigenvalue weighted by molar-refractivity contribution is 6.32. The topological polar surface area (TPSA) is 41.9 Å². The predicted octanol–water partition coefficient (Wildman–Crippen LogP) is 5.02. The molecule has 28 heavy (non-hydrogen) atoms. The van der Waals surface area contributed by atoms with Gasteiger partial charge in [0.2, 0.25) is 0 Å². The van der Waals surface area contributed by atoms with Gasteiger partial charge in [-0.2, -0.15) is 0 Å². The van der Waals surface area contributed by atoms with Gasteiger partial charge in [-0.3, -0.25) is 4.90 Å². The Balaban J connectivity index is 1.75. The van der Waals surface area contributed by atoms with E-state index in [1.54, 1.807) is 20.3 Å². The van der Waals surface area contributed by atoms with Crippen molar-refractivity contribution < 1.29 is 14.6 Å². The second kappa shape index (κ2) is 8.32. The van der Waals surface area contributed by atoms with Crippen molar-refractivity contribution >= 4 is 11.6 Å². The Bertz CT molecular complexity index is 844. The van der Waals surface area contributed by atoms with E-state index in [1.807, 2.05) is 12.1 Å². The number of rotatable bonds is 5. The molecule has 1 unspecified atom stereocenters. The van der Waals surface area contributed by atoms with E-state index in [1.165, 1.54) is 16.7 Å². The number of ether oxygens (including phenoxy) is 2. The van der Waals surface area contributed by atoms with Crippen molar-refractivity contribution in [3.8, 4) is 11.5 Å². The SMILES string of the molecule is COc1cc(C2(O)CCN(C(C)c3ccc(OC)c(C)c3C)CC2)ccc1Cl. The molecule has 152 valence electrons. The number of halogens is 1. The third-order valence-electron chi connectivity index (χ3n) is 6.31. The fraction of sp³-hybridized carbons (Fsp3) is 0.478. The van der Waals surface area contributed by atoms with E-state index in [-0.39, 0.29) is 6.04 Å². The first-order valence-corrected chi connectivity index (χ1v) is 10.1. The van der Waals surface area contributed by atoms with Crippen LogP contribution in [0.25, 0.3) is 0 Å². The summed E-state index contributed by atoms with van der Waals surface area (Å²) in [6.07, 6.45) is 1.35. The van der Waals surface area contributed by atoms with Crippen LogP contribution in [-0.2, 0) is 5.60 Å². The molecule has 1 saturated heterocycles. The highest BCUT2D eigenvalue weighted by Gasteiger charge is 2.36. The molecule has 1 N–H and O–H groups in total. The summed E-state index contributed by atoms with van der Waals surface area (Å²) >= 11 is 6.14. The molecular formula is C23H30ClNO3. The van der Waals surface area contributed by atoms with Gasteiger partial charge in [0.25, 0.3) is 0 Å². The molecule has 0 aromatic heterocycles. The van der Waals surface area contributed by atoms with E-state index in [0.29, 0.717) is 23.6 Å². The van der Waals surface area contributed by atoms with Crippen LogP contribution in [0.4, 0.5) is 0 Å². The molecule has 1 heterocycles. The van der Waals surface area contributed by atoms with Gasteiger partial charge in [-0.1, -0.05) is 23.7 Å². The lowest BCUT2D eigenvalue weighted by molar-refractivity contribution is -0.0345. The van der Waals surface area contributed by atoms with E-state index in [2.05, 4.69) is 37.8 Å². The summed E-state index contributed by atoms with van der Waals surface area (Å²) in [5.41, 5.74) is 3.80. The third kappa shape index (κ3) is 3.86. The van der Waals surface area contributed by atoms with E-state index < -0.39 is 5.60 Å². The van der Waals surface area contributed by atoms with Crippen LogP contribution in [0.5, 0.6) is 11.5 Å². The molecule has 0 spiro atoms. The van der Waals surface area contributed by atoms with Gasteiger partial charge in [-0.25, -0.2) is 0 Å². The number of hydrogen-bond acceptors (Lipinski definition) is 4. The van der Waals surface area contributed by atoms with Crippen LogP contribution in [0.3, 0.4) is 0 Å². The fourth-order valence-corrected chi connectivity index (χ4v) is 4.40. The average Bonchev–Trinajstić information content (AvgIpc) is 2.70. The summed E-state index contributed by atoms with van der Waals surface area (Å²) < 4.78 is 10.8. The number of hydrogen-bond donors (Lipinski definition) is 1. The summed E-state index contributed by atoms with van der Waals surface area (Å²) in [7, 11) is 3.31. The fourth-order valence-electron chi connectivity index (χ4n) is 4.21. The van der Waals surface area contributed by atoms with Crippen LogP contribution in [-0.4, -0.2) is 37.3 Å². The minimum atomic E-state index is -0.848. The Kier molecular flexibility index (Phi) is 6.23. The maximum Gasteiger partial charge on any atom is 0.137 e. The standard InChI is InChI=1S/C23H30ClNO3/c1-15-16(2)21(27-4)9-7-19(15)17(3)25-12-10-23(26,11-13-25)18-6-8-20(24)22(14-18)28-5/h6-9,14,17,26H,10-13H2,1-5H3. The van der Waals surface area contributed by atoms with Gasteiger partial charge in [-0.15, -0.1) is 0 Å². The van der Waals surface area contributed by atoms with Gasteiger partial charge in [0.15, 0.2) is 0 Å². The number of benzene rings is 2. The predicted molar refractivity (Wildman–Crippen MR) is 114 cm³/mol. The molecule has 0 saturated carbocycles. The molecule has 1 aliphatic heterocycles. The second-order valence-electron chi connectivity index (χ2n) is 7.70. The Labute approximate surface area is 173 Å². The van der Waals surface area contributed by atoms with Crippen LogP contribution in [0.15, 0.2) is 30.3 Å². The van der Waals surface area contributed by atoms with Gasteiger partial charge >= 0.3 is 0 Å². The number of methoxy groups -OCH3 is 2. The zero-order valence-electron chi connectivity index (χ0n) is 17.4. The molecule has 2 aromatic carbocycles. The molecule has 0 amide bonds. The average molecular weight is 404 g/mol. The van der Waals surface area contributed by atoms with Gasteiger partial charge < -0.3 is 14.6 Å². The summed E-state index contributed by atoms with van der Waals surface area (Å²) in [5.74, 6) is 1.53. The molecule has 0 bridgehead atoms. The van der Waals surface area contributed by atoms with E-state index in [9.17, 15) is 5.11 Å². The summed E-state index contributed by atoms with van der Waals surface area (Å²) in [6.45, 7) is 8.15. The first-order chi connectivity index (χ1) is 13.3. The molecule has 4 nitrogen and oxygen atoms in total.